The molecule has 0 saturated heterocycles. The molecule has 4 rings (SSSR count). The summed E-state index contributed by atoms with van der Waals surface area (Å²) in [7, 11) is 0. The average Bonchev–Trinajstić information content (AvgIpc) is 3.47. The van der Waals surface area contributed by atoms with E-state index in [1.165, 1.54) is 0 Å². The molecule has 1 aromatic carbocycles. The average molecular weight is 410 g/mol. The van der Waals surface area contributed by atoms with Gasteiger partial charge in [0.05, 0.1) is 12.1 Å². The quantitative estimate of drug-likeness (QED) is 0.449. The Morgan fingerprint density at radius 1 is 1.17 bits per heavy atom. The van der Waals surface area contributed by atoms with Gasteiger partial charge in [0.2, 0.25) is 5.91 Å². The van der Waals surface area contributed by atoms with Crippen molar-refractivity contribution in [1.82, 2.24) is 10.2 Å². The standard InChI is InChI=1S/C23H31N5O2/c1-22(2)18(24)16(19(25)27-20(29)23(3)11-6-12-23)13-28(22)21(30)26-17-8-5-4-7-15(17)14-9-10-14/h4-5,7-8,14H,6,9-13,24H2,1-3H3,(H,26,30)(H2,25,27,29). The van der Waals surface area contributed by atoms with Crippen LogP contribution in [0.5, 0.6) is 0 Å². The molecule has 0 atom stereocenters. The molecule has 5 N–H and O–H groups in total. The lowest BCUT2D eigenvalue weighted by molar-refractivity contribution is -0.132. The van der Waals surface area contributed by atoms with Crippen LogP contribution in [-0.2, 0) is 4.79 Å². The molecule has 2 fully saturated rings. The van der Waals surface area contributed by atoms with E-state index in [9.17, 15) is 9.59 Å². The van der Waals surface area contributed by atoms with E-state index in [2.05, 4.69) is 16.7 Å². The van der Waals surface area contributed by atoms with Crippen molar-refractivity contribution in [1.29, 1.82) is 5.41 Å². The molecular formula is C23H31N5O2. The smallest absolute Gasteiger partial charge is 0.322 e. The second-order valence-corrected chi connectivity index (χ2v) is 9.57. The van der Waals surface area contributed by atoms with Gasteiger partial charge in [-0.05, 0) is 57.1 Å². The van der Waals surface area contributed by atoms with E-state index in [4.69, 9.17) is 11.1 Å². The topological polar surface area (TPSA) is 111 Å². The number of benzene rings is 1. The number of nitrogens with two attached hydrogens (primary N) is 1. The Hall–Kier alpha value is -2.83. The highest BCUT2D eigenvalue weighted by atomic mass is 16.2. The maximum atomic E-state index is 13.2. The molecule has 3 aliphatic rings. The molecule has 3 amide bonds. The fraction of sp³-hybridized carbons (Fsp3) is 0.522. The van der Waals surface area contributed by atoms with Gasteiger partial charge in [-0.2, -0.15) is 0 Å². The summed E-state index contributed by atoms with van der Waals surface area (Å²) in [5.41, 5.74) is 8.14. The minimum atomic E-state index is -0.759. The number of nitrogens with one attached hydrogen (secondary N) is 3. The van der Waals surface area contributed by atoms with Crippen LogP contribution in [0, 0.1) is 10.8 Å². The molecule has 1 aromatic rings. The van der Waals surface area contributed by atoms with Crippen LogP contribution in [0.3, 0.4) is 0 Å². The van der Waals surface area contributed by atoms with Gasteiger partial charge in [0.15, 0.2) is 0 Å². The van der Waals surface area contributed by atoms with Crippen molar-refractivity contribution < 1.29 is 9.59 Å². The highest BCUT2D eigenvalue weighted by Gasteiger charge is 2.44. The predicted octanol–water partition coefficient (Wildman–Crippen LogP) is 3.69. The molecule has 160 valence electrons. The summed E-state index contributed by atoms with van der Waals surface area (Å²) in [4.78, 5) is 27.3. The number of hydrogen-bond donors (Lipinski definition) is 4. The lowest BCUT2D eigenvalue weighted by atomic mass is 9.70. The number of urea groups is 1. The lowest BCUT2D eigenvalue weighted by Crippen LogP contribution is -2.48. The Morgan fingerprint density at radius 2 is 1.83 bits per heavy atom. The monoisotopic (exact) mass is 409 g/mol. The minimum Gasteiger partial charge on any atom is -0.400 e. The third-order valence-electron chi connectivity index (χ3n) is 6.99. The molecule has 2 saturated carbocycles. The number of amides is 3. The highest BCUT2D eigenvalue weighted by Crippen LogP contribution is 2.44. The van der Waals surface area contributed by atoms with Crippen LogP contribution in [0.25, 0.3) is 0 Å². The summed E-state index contributed by atoms with van der Waals surface area (Å²) < 4.78 is 0. The highest BCUT2D eigenvalue weighted by molar-refractivity contribution is 6.09. The van der Waals surface area contributed by atoms with E-state index in [0.717, 1.165) is 43.4 Å². The predicted molar refractivity (Wildman–Crippen MR) is 117 cm³/mol. The van der Waals surface area contributed by atoms with Gasteiger partial charge in [-0.25, -0.2) is 4.79 Å². The molecule has 0 unspecified atom stereocenters. The second-order valence-electron chi connectivity index (χ2n) is 9.57. The summed E-state index contributed by atoms with van der Waals surface area (Å²) >= 11 is 0. The number of anilines is 1. The first-order valence-corrected chi connectivity index (χ1v) is 10.7. The molecule has 7 heteroatoms. The van der Waals surface area contributed by atoms with Gasteiger partial charge < -0.3 is 21.3 Å². The molecule has 1 aliphatic heterocycles. The summed E-state index contributed by atoms with van der Waals surface area (Å²) in [5.74, 6) is 0.369. The Bertz CT molecular complexity index is 941. The lowest BCUT2D eigenvalue weighted by Gasteiger charge is -2.36. The molecule has 7 nitrogen and oxygen atoms in total. The van der Waals surface area contributed by atoms with Gasteiger partial charge >= 0.3 is 6.03 Å². The Balaban J connectivity index is 1.48. The maximum absolute atomic E-state index is 13.2. The van der Waals surface area contributed by atoms with Crippen LogP contribution in [0.2, 0.25) is 0 Å². The Kier molecular flexibility index (Phi) is 4.87. The molecule has 30 heavy (non-hydrogen) atoms. The van der Waals surface area contributed by atoms with E-state index in [-0.39, 0.29) is 24.3 Å². The third-order valence-corrected chi connectivity index (χ3v) is 6.99. The molecule has 0 bridgehead atoms. The van der Waals surface area contributed by atoms with Crippen molar-refractivity contribution in [3.63, 3.8) is 0 Å². The minimum absolute atomic E-state index is 0.00706. The van der Waals surface area contributed by atoms with Crippen molar-refractivity contribution in [3.8, 4) is 0 Å². The first-order valence-electron chi connectivity index (χ1n) is 10.7. The second kappa shape index (κ2) is 7.15. The zero-order valence-corrected chi connectivity index (χ0v) is 18.0. The fourth-order valence-electron chi connectivity index (χ4n) is 4.31. The van der Waals surface area contributed by atoms with Crippen LogP contribution < -0.4 is 16.4 Å². The zero-order valence-electron chi connectivity index (χ0n) is 18.0. The van der Waals surface area contributed by atoms with E-state index in [1.807, 2.05) is 39.0 Å². The van der Waals surface area contributed by atoms with Gasteiger partial charge in [0, 0.05) is 22.4 Å². The number of rotatable bonds is 4. The van der Waals surface area contributed by atoms with Crippen LogP contribution in [0.1, 0.15) is 64.4 Å². The van der Waals surface area contributed by atoms with Crippen LogP contribution >= 0.6 is 0 Å². The molecule has 1 heterocycles. The van der Waals surface area contributed by atoms with Gasteiger partial charge in [0.1, 0.15) is 5.84 Å². The number of para-hydroxylation sites is 1. The summed E-state index contributed by atoms with van der Waals surface area (Å²) in [6, 6.07) is 7.64. The number of amidine groups is 1. The van der Waals surface area contributed by atoms with Crippen LogP contribution in [0.15, 0.2) is 35.5 Å². The SMILES string of the molecule is CC1(C(=O)NC(=N)C2=C(N)C(C)(C)N(C(=O)Nc3ccccc3C3CC3)C2)CCC1. The summed E-state index contributed by atoms with van der Waals surface area (Å²) in [5, 5.41) is 14.2. The van der Waals surface area contributed by atoms with Gasteiger partial charge in [-0.1, -0.05) is 31.5 Å². The molecule has 0 spiro atoms. The van der Waals surface area contributed by atoms with E-state index >= 15 is 0 Å². The number of carbonyl (C=O) groups is 2. The van der Waals surface area contributed by atoms with Gasteiger partial charge in [-0.15, -0.1) is 0 Å². The molecule has 2 aliphatic carbocycles. The van der Waals surface area contributed by atoms with Crippen molar-refractivity contribution in [2.75, 3.05) is 11.9 Å². The first-order chi connectivity index (χ1) is 14.1. The maximum Gasteiger partial charge on any atom is 0.322 e. The van der Waals surface area contributed by atoms with Crippen molar-refractivity contribution >= 4 is 23.5 Å². The summed E-state index contributed by atoms with van der Waals surface area (Å²) in [6.07, 6.45) is 5.00. The Morgan fingerprint density at radius 3 is 2.43 bits per heavy atom. The van der Waals surface area contributed by atoms with E-state index in [1.54, 1.807) is 4.90 Å². The largest absolute Gasteiger partial charge is 0.400 e. The Labute approximate surface area is 177 Å². The fourth-order valence-corrected chi connectivity index (χ4v) is 4.31. The number of nitrogens with zero attached hydrogens (tertiary/aromatic N) is 1. The number of carbonyl (C=O) groups excluding carboxylic acids is 2. The number of hydrogen-bond acceptors (Lipinski definition) is 4. The van der Waals surface area contributed by atoms with Crippen LogP contribution in [0.4, 0.5) is 10.5 Å². The van der Waals surface area contributed by atoms with E-state index < -0.39 is 11.0 Å². The molecular weight excluding hydrogens is 378 g/mol. The van der Waals surface area contributed by atoms with E-state index in [0.29, 0.717) is 17.2 Å². The van der Waals surface area contributed by atoms with Crippen molar-refractivity contribution in [3.05, 3.63) is 41.1 Å². The molecule has 0 aromatic heterocycles. The van der Waals surface area contributed by atoms with Crippen LogP contribution in [-0.4, -0.2) is 34.8 Å². The van der Waals surface area contributed by atoms with Gasteiger partial charge in [0.25, 0.3) is 0 Å². The summed E-state index contributed by atoms with van der Waals surface area (Å²) in [6.45, 7) is 5.84. The normalized spacial score (nSPS) is 21.8. The van der Waals surface area contributed by atoms with Crippen molar-refractivity contribution in [2.24, 2.45) is 11.1 Å². The van der Waals surface area contributed by atoms with Crippen molar-refractivity contribution in [2.45, 2.75) is 64.3 Å². The van der Waals surface area contributed by atoms with Gasteiger partial charge in [-0.3, -0.25) is 10.2 Å². The first kappa shape index (κ1) is 20.4. The molecule has 0 radical (unpaired) electrons. The zero-order chi connectivity index (χ0) is 21.7. The third kappa shape index (κ3) is 3.46.